The van der Waals surface area contributed by atoms with E-state index in [9.17, 15) is 5.11 Å². The van der Waals surface area contributed by atoms with E-state index in [2.05, 4.69) is 6.07 Å². The summed E-state index contributed by atoms with van der Waals surface area (Å²) < 4.78 is 0. The van der Waals surface area contributed by atoms with Crippen molar-refractivity contribution in [1.29, 1.82) is 5.26 Å². The molecule has 0 aliphatic carbocycles. The van der Waals surface area contributed by atoms with Crippen molar-refractivity contribution in [2.24, 2.45) is 5.41 Å². The summed E-state index contributed by atoms with van der Waals surface area (Å²) in [6, 6.07) is 9.54. The molecule has 0 spiro atoms. The van der Waals surface area contributed by atoms with Crippen molar-refractivity contribution in [2.75, 3.05) is 5.75 Å². The molecule has 0 atom stereocenters. The lowest BCUT2D eigenvalue weighted by Crippen LogP contribution is -2.08. The average molecular weight is 221 g/mol. The topological polar surface area (TPSA) is 44.0 Å². The second-order valence-electron chi connectivity index (χ2n) is 4.06. The maximum atomic E-state index is 9.51. The normalized spacial score (nSPS) is 11.0. The van der Waals surface area contributed by atoms with Gasteiger partial charge in [0, 0.05) is 4.90 Å². The molecule has 1 aromatic carbocycles. The lowest BCUT2D eigenvalue weighted by atomic mass is 9.93. The number of nitriles is 1. The summed E-state index contributed by atoms with van der Waals surface area (Å²) >= 11 is 1.59. The van der Waals surface area contributed by atoms with Gasteiger partial charge < -0.3 is 5.11 Å². The Morgan fingerprint density at radius 1 is 1.40 bits per heavy atom. The van der Waals surface area contributed by atoms with E-state index in [0.29, 0.717) is 5.75 Å². The number of phenolic OH excluding ortho intramolecular Hbond substituents is 1. The molecule has 0 unspecified atom stereocenters. The molecule has 0 saturated heterocycles. The molecule has 0 radical (unpaired) electrons. The molecular formula is C12H15NOS. The Hall–Kier alpha value is -1.14. The summed E-state index contributed by atoms with van der Waals surface area (Å²) in [5, 5.41) is 18.3. The number of hydrogen-bond donors (Lipinski definition) is 1. The average Bonchev–Trinajstić information content (AvgIpc) is 2.21. The van der Waals surface area contributed by atoms with Gasteiger partial charge >= 0.3 is 0 Å². The molecule has 3 heteroatoms. The fourth-order valence-corrected chi connectivity index (χ4v) is 2.27. The first-order chi connectivity index (χ1) is 7.05. The van der Waals surface area contributed by atoms with E-state index in [1.54, 1.807) is 23.9 Å². The maximum absolute atomic E-state index is 9.51. The standard InChI is InChI=1S/C12H15NOS/c1-12(2,9-13)7-8-15-11-6-4-3-5-10(11)14/h3-6,14H,7-8H2,1-2H3. The molecule has 0 aliphatic heterocycles. The van der Waals surface area contributed by atoms with Crippen molar-refractivity contribution >= 4 is 11.8 Å². The fraction of sp³-hybridized carbons (Fsp3) is 0.417. The predicted octanol–water partition coefficient (Wildman–Crippen LogP) is 3.42. The maximum Gasteiger partial charge on any atom is 0.129 e. The van der Waals surface area contributed by atoms with E-state index in [4.69, 9.17) is 5.26 Å². The summed E-state index contributed by atoms with van der Waals surface area (Å²) in [4.78, 5) is 0.881. The van der Waals surface area contributed by atoms with E-state index < -0.39 is 0 Å². The number of hydrogen-bond acceptors (Lipinski definition) is 3. The molecule has 0 amide bonds. The highest BCUT2D eigenvalue weighted by molar-refractivity contribution is 7.99. The van der Waals surface area contributed by atoms with Crippen LogP contribution < -0.4 is 0 Å². The van der Waals surface area contributed by atoms with Gasteiger partial charge in [0.05, 0.1) is 11.5 Å². The fourth-order valence-electron chi connectivity index (χ4n) is 1.05. The molecule has 1 N–H and O–H groups in total. The van der Waals surface area contributed by atoms with Gasteiger partial charge in [-0.25, -0.2) is 0 Å². The van der Waals surface area contributed by atoms with Gasteiger partial charge in [-0.05, 0) is 38.2 Å². The zero-order valence-electron chi connectivity index (χ0n) is 9.03. The number of nitrogens with zero attached hydrogens (tertiary/aromatic N) is 1. The molecule has 1 rings (SSSR count). The van der Waals surface area contributed by atoms with Crippen LogP contribution in [-0.4, -0.2) is 10.9 Å². The second kappa shape index (κ2) is 5.09. The van der Waals surface area contributed by atoms with Crippen LogP contribution in [0.3, 0.4) is 0 Å². The van der Waals surface area contributed by atoms with Gasteiger partial charge in [-0.3, -0.25) is 0 Å². The first kappa shape index (κ1) is 11.9. The minimum atomic E-state index is -0.280. The van der Waals surface area contributed by atoms with Gasteiger partial charge in [0.15, 0.2) is 0 Å². The Morgan fingerprint density at radius 3 is 2.67 bits per heavy atom. The number of rotatable bonds is 4. The quantitative estimate of drug-likeness (QED) is 0.792. The second-order valence-corrected chi connectivity index (χ2v) is 5.20. The van der Waals surface area contributed by atoms with E-state index in [0.717, 1.165) is 17.1 Å². The highest BCUT2D eigenvalue weighted by atomic mass is 32.2. The van der Waals surface area contributed by atoms with E-state index in [1.807, 2.05) is 26.0 Å². The van der Waals surface area contributed by atoms with Crippen LogP contribution in [0.2, 0.25) is 0 Å². The zero-order chi connectivity index (χ0) is 11.3. The van der Waals surface area contributed by atoms with Crippen LogP contribution in [-0.2, 0) is 0 Å². The van der Waals surface area contributed by atoms with Crippen LogP contribution in [0.5, 0.6) is 5.75 Å². The van der Waals surface area contributed by atoms with Crippen LogP contribution >= 0.6 is 11.8 Å². The lowest BCUT2D eigenvalue weighted by molar-refractivity contribution is 0.461. The van der Waals surface area contributed by atoms with Crippen molar-refractivity contribution in [2.45, 2.75) is 25.2 Å². The van der Waals surface area contributed by atoms with Crippen molar-refractivity contribution in [1.82, 2.24) is 0 Å². The van der Waals surface area contributed by atoms with Crippen LogP contribution in [0.1, 0.15) is 20.3 Å². The molecular weight excluding hydrogens is 206 g/mol. The van der Waals surface area contributed by atoms with Crippen LogP contribution in [0.4, 0.5) is 0 Å². The molecule has 0 heterocycles. The third-order valence-electron chi connectivity index (χ3n) is 2.15. The SMILES string of the molecule is CC(C)(C#N)CCSc1ccccc1O. The molecule has 0 bridgehead atoms. The molecule has 0 fully saturated rings. The number of phenols is 1. The molecule has 15 heavy (non-hydrogen) atoms. The Kier molecular flexibility index (Phi) is 4.05. The number of thioether (sulfide) groups is 1. The van der Waals surface area contributed by atoms with Gasteiger partial charge in [0.1, 0.15) is 5.75 Å². The molecule has 80 valence electrons. The van der Waals surface area contributed by atoms with Crippen molar-refractivity contribution in [3.63, 3.8) is 0 Å². The Balaban J connectivity index is 2.46. The molecule has 0 saturated carbocycles. The van der Waals surface area contributed by atoms with Crippen molar-refractivity contribution in [3.8, 4) is 11.8 Å². The minimum Gasteiger partial charge on any atom is -0.507 e. The van der Waals surface area contributed by atoms with Gasteiger partial charge in [0.2, 0.25) is 0 Å². The Morgan fingerprint density at radius 2 is 2.07 bits per heavy atom. The van der Waals surface area contributed by atoms with E-state index in [-0.39, 0.29) is 5.41 Å². The molecule has 1 aromatic rings. The first-order valence-corrected chi connectivity index (χ1v) is 5.86. The molecule has 2 nitrogen and oxygen atoms in total. The Labute approximate surface area is 94.9 Å². The van der Waals surface area contributed by atoms with Crippen LogP contribution in [0.25, 0.3) is 0 Å². The van der Waals surface area contributed by atoms with E-state index >= 15 is 0 Å². The number of aromatic hydroxyl groups is 1. The largest absolute Gasteiger partial charge is 0.507 e. The minimum absolute atomic E-state index is 0.280. The number of para-hydroxylation sites is 1. The third-order valence-corrected chi connectivity index (χ3v) is 3.22. The van der Waals surface area contributed by atoms with Gasteiger partial charge in [-0.2, -0.15) is 5.26 Å². The summed E-state index contributed by atoms with van der Waals surface area (Å²) in [6.07, 6.45) is 0.822. The number of benzene rings is 1. The van der Waals surface area contributed by atoms with Crippen LogP contribution in [0, 0.1) is 16.7 Å². The van der Waals surface area contributed by atoms with Gasteiger partial charge in [-0.1, -0.05) is 12.1 Å². The highest BCUT2D eigenvalue weighted by Crippen LogP contribution is 2.30. The van der Waals surface area contributed by atoms with E-state index in [1.165, 1.54) is 0 Å². The summed E-state index contributed by atoms with van der Waals surface area (Å²) in [7, 11) is 0. The van der Waals surface area contributed by atoms with Gasteiger partial charge in [-0.15, -0.1) is 11.8 Å². The monoisotopic (exact) mass is 221 g/mol. The third kappa shape index (κ3) is 3.85. The van der Waals surface area contributed by atoms with Crippen molar-refractivity contribution < 1.29 is 5.11 Å². The Bertz CT molecular complexity index is 368. The zero-order valence-corrected chi connectivity index (χ0v) is 9.84. The summed E-state index contributed by atoms with van der Waals surface area (Å²) in [5.74, 6) is 1.16. The van der Waals surface area contributed by atoms with Gasteiger partial charge in [0.25, 0.3) is 0 Å². The smallest absolute Gasteiger partial charge is 0.129 e. The van der Waals surface area contributed by atoms with Crippen LogP contribution in [0.15, 0.2) is 29.2 Å². The summed E-state index contributed by atoms with van der Waals surface area (Å²) in [5.41, 5.74) is -0.280. The lowest BCUT2D eigenvalue weighted by Gasteiger charge is -2.14. The predicted molar refractivity (Wildman–Crippen MR) is 62.8 cm³/mol. The first-order valence-electron chi connectivity index (χ1n) is 4.87. The van der Waals surface area contributed by atoms with Crippen molar-refractivity contribution in [3.05, 3.63) is 24.3 Å². The molecule has 0 aliphatic rings. The highest BCUT2D eigenvalue weighted by Gasteiger charge is 2.16. The summed E-state index contributed by atoms with van der Waals surface area (Å²) in [6.45, 7) is 3.86. The molecule has 0 aromatic heterocycles.